The second kappa shape index (κ2) is 4.61. The van der Waals surface area contributed by atoms with Gasteiger partial charge in [-0.15, -0.1) is 0 Å². The van der Waals surface area contributed by atoms with E-state index in [9.17, 15) is 4.79 Å². The molecule has 0 amide bonds. The highest BCUT2D eigenvalue weighted by Crippen LogP contribution is 2.29. The molecule has 1 rings (SSSR count). The van der Waals surface area contributed by atoms with Crippen LogP contribution < -0.4 is 0 Å². The van der Waals surface area contributed by atoms with Crippen molar-refractivity contribution < 1.29 is 9.90 Å². The monoisotopic (exact) mass is 185 g/mol. The number of carboxylic acid groups (broad SMARTS) is 1. The third-order valence-electron chi connectivity index (χ3n) is 2.61. The fourth-order valence-electron chi connectivity index (χ4n) is 1.79. The van der Waals surface area contributed by atoms with E-state index >= 15 is 0 Å². The Balaban J connectivity index is 2.40. The first-order chi connectivity index (χ1) is 6.15. The van der Waals surface area contributed by atoms with Crippen molar-refractivity contribution in [3.05, 3.63) is 0 Å². The second-order valence-electron chi connectivity index (χ2n) is 3.93. The number of aliphatic carboxylic acids is 1. The van der Waals surface area contributed by atoms with Crippen molar-refractivity contribution in [3.63, 3.8) is 0 Å². The molecule has 0 aromatic carbocycles. The summed E-state index contributed by atoms with van der Waals surface area (Å²) in [6.07, 6.45) is 4.59. The Bertz CT molecular complexity index is 178. The van der Waals surface area contributed by atoms with Crippen LogP contribution in [-0.4, -0.2) is 34.6 Å². The second-order valence-corrected chi connectivity index (χ2v) is 3.93. The van der Waals surface area contributed by atoms with Gasteiger partial charge in [0.15, 0.2) is 0 Å². The molecule has 0 saturated heterocycles. The quantitative estimate of drug-likeness (QED) is 0.685. The maximum absolute atomic E-state index is 10.6. The minimum absolute atomic E-state index is 0.214. The molecule has 1 atom stereocenters. The van der Waals surface area contributed by atoms with E-state index in [1.165, 1.54) is 12.8 Å². The summed E-state index contributed by atoms with van der Waals surface area (Å²) in [6, 6.07) is 0.978. The summed E-state index contributed by atoms with van der Waals surface area (Å²) in [5.41, 5.74) is 0. The zero-order chi connectivity index (χ0) is 9.84. The average molecular weight is 185 g/mol. The van der Waals surface area contributed by atoms with E-state index in [1.807, 2.05) is 0 Å². The van der Waals surface area contributed by atoms with Crippen molar-refractivity contribution in [2.75, 3.05) is 6.54 Å². The number of hydrogen-bond acceptors (Lipinski definition) is 2. The molecule has 1 saturated carbocycles. The highest BCUT2D eigenvalue weighted by Gasteiger charge is 2.32. The van der Waals surface area contributed by atoms with Gasteiger partial charge in [-0.3, -0.25) is 9.69 Å². The summed E-state index contributed by atoms with van der Waals surface area (Å²) in [6.45, 7) is 4.49. The molecular weight excluding hydrogens is 166 g/mol. The van der Waals surface area contributed by atoms with Crippen LogP contribution in [0.4, 0.5) is 0 Å². The Morgan fingerprint density at radius 3 is 2.62 bits per heavy atom. The smallest absolute Gasteiger partial charge is 0.317 e. The Morgan fingerprint density at radius 1 is 1.62 bits per heavy atom. The predicted octanol–water partition coefficient (Wildman–Crippen LogP) is 1.72. The molecule has 13 heavy (non-hydrogen) atoms. The van der Waals surface area contributed by atoms with Crippen LogP contribution in [0.5, 0.6) is 0 Å². The number of rotatable bonds is 6. The lowest BCUT2D eigenvalue weighted by molar-refractivity contribution is -0.139. The SMILES string of the molecule is CCCC(C)N(CC(=O)O)C1CC1. The molecule has 1 unspecified atom stereocenters. The van der Waals surface area contributed by atoms with Gasteiger partial charge in [0.1, 0.15) is 0 Å². The van der Waals surface area contributed by atoms with Crippen molar-refractivity contribution in [1.29, 1.82) is 0 Å². The van der Waals surface area contributed by atoms with Crippen LogP contribution in [0.25, 0.3) is 0 Å². The zero-order valence-corrected chi connectivity index (χ0v) is 8.49. The average Bonchev–Trinajstić information content (AvgIpc) is 2.82. The number of carboxylic acids is 1. The zero-order valence-electron chi connectivity index (χ0n) is 8.49. The van der Waals surface area contributed by atoms with Crippen molar-refractivity contribution in [1.82, 2.24) is 4.90 Å². The highest BCUT2D eigenvalue weighted by atomic mass is 16.4. The molecule has 3 nitrogen and oxygen atoms in total. The molecule has 0 aromatic heterocycles. The Labute approximate surface area is 79.7 Å². The van der Waals surface area contributed by atoms with Crippen LogP contribution in [0.1, 0.15) is 39.5 Å². The molecule has 0 bridgehead atoms. The first-order valence-electron chi connectivity index (χ1n) is 5.12. The maximum Gasteiger partial charge on any atom is 0.317 e. The van der Waals surface area contributed by atoms with Gasteiger partial charge in [0.2, 0.25) is 0 Å². The molecule has 3 heteroatoms. The van der Waals surface area contributed by atoms with E-state index in [0.717, 1.165) is 12.8 Å². The molecular formula is C10H19NO2. The van der Waals surface area contributed by atoms with E-state index in [-0.39, 0.29) is 6.54 Å². The number of hydrogen-bond donors (Lipinski definition) is 1. The van der Waals surface area contributed by atoms with E-state index in [2.05, 4.69) is 18.7 Å². The van der Waals surface area contributed by atoms with Gasteiger partial charge < -0.3 is 5.11 Å². The molecule has 0 radical (unpaired) electrons. The summed E-state index contributed by atoms with van der Waals surface area (Å²) in [7, 11) is 0. The Morgan fingerprint density at radius 2 is 2.23 bits per heavy atom. The van der Waals surface area contributed by atoms with E-state index in [1.54, 1.807) is 0 Å². The molecule has 0 heterocycles. The molecule has 1 aliphatic carbocycles. The van der Waals surface area contributed by atoms with Gasteiger partial charge >= 0.3 is 5.97 Å². The molecule has 76 valence electrons. The van der Waals surface area contributed by atoms with Crippen molar-refractivity contribution in [2.45, 2.75) is 51.6 Å². The van der Waals surface area contributed by atoms with Gasteiger partial charge in [-0.25, -0.2) is 0 Å². The molecule has 0 aliphatic heterocycles. The lowest BCUT2D eigenvalue weighted by Crippen LogP contribution is -2.38. The molecule has 0 spiro atoms. The van der Waals surface area contributed by atoms with Crippen LogP contribution in [0.3, 0.4) is 0 Å². The van der Waals surface area contributed by atoms with Gasteiger partial charge in [0, 0.05) is 12.1 Å². The number of carbonyl (C=O) groups is 1. The molecule has 1 aliphatic rings. The van der Waals surface area contributed by atoms with E-state index in [4.69, 9.17) is 5.11 Å². The first kappa shape index (κ1) is 10.5. The normalized spacial score (nSPS) is 19.0. The lowest BCUT2D eigenvalue weighted by Gasteiger charge is -2.26. The number of nitrogens with zero attached hydrogens (tertiary/aromatic N) is 1. The summed E-state index contributed by atoms with van der Waals surface area (Å²) in [5.74, 6) is -0.699. The fraction of sp³-hybridized carbons (Fsp3) is 0.900. The summed E-state index contributed by atoms with van der Waals surface area (Å²) >= 11 is 0. The van der Waals surface area contributed by atoms with Crippen molar-refractivity contribution >= 4 is 5.97 Å². The van der Waals surface area contributed by atoms with Gasteiger partial charge in [0.25, 0.3) is 0 Å². The van der Waals surface area contributed by atoms with Crippen molar-refractivity contribution in [2.24, 2.45) is 0 Å². The van der Waals surface area contributed by atoms with E-state index < -0.39 is 5.97 Å². The standard InChI is InChI=1S/C10H19NO2/c1-3-4-8(2)11(7-10(12)13)9-5-6-9/h8-9H,3-7H2,1-2H3,(H,12,13). The third-order valence-corrected chi connectivity index (χ3v) is 2.61. The van der Waals surface area contributed by atoms with Crippen LogP contribution in [-0.2, 0) is 4.79 Å². The van der Waals surface area contributed by atoms with Gasteiger partial charge in [-0.2, -0.15) is 0 Å². The van der Waals surface area contributed by atoms with E-state index in [0.29, 0.717) is 12.1 Å². The van der Waals surface area contributed by atoms with Crippen LogP contribution in [0, 0.1) is 0 Å². The van der Waals surface area contributed by atoms with Crippen LogP contribution in [0.2, 0.25) is 0 Å². The van der Waals surface area contributed by atoms with Gasteiger partial charge in [0.05, 0.1) is 6.54 Å². The Hall–Kier alpha value is -0.570. The highest BCUT2D eigenvalue weighted by molar-refractivity contribution is 5.69. The largest absolute Gasteiger partial charge is 0.480 e. The summed E-state index contributed by atoms with van der Waals surface area (Å²) in [5, 5.41) is 8.74. The first-order valence-corrected chi connectivity index (χ1v) is 5.12. The fourth-order valence-corrected chi connectivity index (χ4v) is 1.79. The van der Waals surface area contributed by atoms with Gasteiger partial charge in [-0.05, 0) is 26.2 Å². The van der Waals surface area contributed by atoms with Crippen molar-refractivity contribution in [3.8, 4) is 0 Å². The maximum atomic E-state index is 10.6. The van der Waals surface area contributed by atoms with Crippen LogP contribution >= 0.6 is 0 Å². The summed E-state index contributed by atoms with van der Waals surface area (Å²) in [4.78, 5) is 12.7. The molecule has 0 aromatic rings. The minimum atomic E-state index is -0.699. The summed E-state index contributed by atoms with van der Waals surface area (Å²) < 4.78 is 0. The predicted molar refractivity (Wildman–Crippen MR) is 51.7 cm³/mol. The van der Waals surface area contributed by atoms with Gasteiger partial charge in [-0.1, -0.05) is 13.3 Å². The third kappa shape index (κ3) is 3.35. The Kier molecular flexibility index (Phi) is 3.72. The molecule has 1 fully saturated rings. The topological polar surface area (TPSA) is 40.5 Å². The van der Waals surface area contributed by atoms with Crippen LogP contribution in [0.15, 0.2) is 0 Å². The lowest BCUT2D eigenvalue weighted by atomic mass is 10.1. The minimum Gasteiger partial charge on any atom is -0.480 e. The molecule has 1 N–H and O–H groups in total.